The maximum absolute atomic E-state index is 13.6. The molecule has 0 radical (unpaired) electrons. The van der Waals surface area contributed by atoms with E-state index < -0.39 is 12.0 Å². The molecule has 2 N–H and O–H groups in total. The van der Waals surface area contributed by atoms with Gasteiger partial charge in [0, 0.05) is 5.56 Å². The Bertz CT molecular complexity index is 1160. The van der Waals surface area contributed by atoms with Crippen LogP contribution in [0.1, 0.15) is 5.82 Å². The van der Waals surface area contributed by atoms with Crippen LogP contribution in [0, 0.1) is 0 Å². The zero-order valence-electron chi connectivity index (χ0n) is 14.8. The summed E-state index contributed by atoms with van der Waals surface area (Å²) < 4.78 is 42.0. The van der Waals surface area contributed by atoms with Gasteiger partial charge in [0.05, 0.1) is 22.3 Å². The molecule has 146 valence electrons. The molecular weight excluding hydrogens is 399 g/mol. The number of benzene rings is 2. The van der Waals surface area contributed by atoms with E-state index in [0.29, 0.717) is 21.6 Å². The topological polar surface area (TPSA) is 69.6 Å². The molecule has 2 heterocycles. The minimum atomic E-state index is -4.75. The first-order valence-electron chi connectivity index (χ1n) is 8.49. The van der Waals surface area contributed by atoms with Gasteiger partial charge in [0.1, 0.15) is 5.82 Å². The Morgan fingerprint density at radius 3 is 1.97 bits per heavy atom. The third kappa shape index (κ3) is 3.56. The van der Waals surface area contributed by atoms with Crippen LogP contribution in [-0.4, -0.2) is 19.7 Å². The molecule has 0 amide bonds. The second kappa shape index (κ2) is 7.25. The predicted octanol–water partition coefficient (Wildman–Crippen LogP) is 4.89. The lowest BCUT2D eigenvalue weighted by atomic mass is 9.99. The number of anilines is 1. The summed E-state index contributed by atoms with van der Waals surface area (Å²) in [6, 6.07) is 17.5. The number of hydrogen-bond donors (Lipinski definition) is 2. The van der Waals surface area contributed by atoms with E-state index in [1.54, 1.807) is 54.6 Å². The molecule has 4 rings (SSSR count). The monoisotopic (exact) mass is 413 g/mol. The summed E-state index contributed by atoms with van der Waals surface area (Å²) in [5.41, 5.74) is 7.67. The highest BCUT2D eigenvalue weighted by molar-refractivity contribution is 7.80. The van der Waals surface area contributed by atoms with Crippen molar-refractivity contribution >= 4 is 18.4 Å². The van der Waals surface area contributed by atoms with Gasteiger partial charge in [-0.1, -0.05) is 60.7 Å². The standard InChI is InChI=1S/C20H14F3N5S/c21-20(22,23)19-26-16(13-9-5-2-6-10-13)15(12-7-3-1-4-8-12)18(27-19)28-17(24)14(29)11-25-28/h1-11,29H,24H2. The first kappa shape index (κ1) is 19.0. The van der Waals surface area contributed by atoms with Crippen molar-refractivity contribution in [2.45, 2.75) is 11.1 Å². The largest absolute Gasteiger partial charge is 0.451 e. The Morgan fingerprint density at radius 1 is 0.862 bits per heavy atom. The second-order valence-electron chi connectivity index (χ2n) is 6.15. The van der Waals surface area contributed by atoms with E-state index in [0.717, 1.165) is 4.68 Å². The van der Waals surface area contributed by atoms with Gasteiger partial charge in [-0.3, -0.25) is 0 Å². The molecule has 0 aliphatic heterocycles. The van der Waals surface area contributed by atoms with Crippen LogP contribution in [0.5, 0.6) is 0 Å². The molecule has 2 aromatic carbocycles. The average Bonchev–Trinajstić information content (AvgIpc) is 3.06. The smallest absolute Gasteiger partial charge is 0.383 e. The third-order valence-corrected chi connectivity index (χ3v) is 4.58. The lowest BCUT2D eigenvalue weighted by Crippen LogP contribution is -2.17. The van der Waals surface area contributed by atoms with Crippen molar-refractivity contribution in [2.75, 3.05) is 5.73 Å². The van der Waals surface area contributed by atoms with Crippen LogP contribution in [-0.2, 0) is 6.18 Å². The SMILES string of the molecule is Nc1c(S)cnn1-c1nc(C(F)(F)F)nc(-c2ccccc2)c1-c1ccccc1. The summed E-state index contributed by atoms with van der Waals surface area (Å²) in [4.78, 5) is 8.01. The summed E-state index contributed by atoms with van der Waals surface area (Å²) in [5, 5.41) is 4.09. The number of nitrogen functional groups attached to an aromatic ring is 1. The van der Waals surface area contributed by atoms with Crippen LogP contribution < -0.4 is 5.73 Å². The molecule has 9 heteroatoms. The third-order valence-electron chi connectivity index (χ3n) is 4.24. The molecule has 4 aromatic rings. The number of hydrogen-bond acceptors (Lipinski definition) is 5. The average molecular weight is 413 g/mol. The van der Waals surface area contributed by atoms with E-state index in [1.807, 2.05) is 6.07 Å². The predicted molar refractivity (Wildman–Crippen MR) is 107 cm³/mol. The lowest BCUT2D eigenvalue weighted by molar-refractivity contribution is -0.144. The van der Waals surface area contributed by atoms with E-state index in [9.17, 15) is 13.2 Å². The summed E-state index contributed by atoms with van der Waals surface area (Å²) in [7, 11) is 0. The van der Waals surface area contributed by atoms with Crippen LogP contribution in [0.2, 0.25) is 0 Å². The van der Waals surface area contributed by atoms with E-state index in [2.05, 4.69) is 27.7 Å². The normalized spacial score (nSPS) is 11.6. The molecular formula is C20H14F3N5S. The summed E-state index contributed by atoms with van der Waals surface area (Å²) in [5.74, 6) is -1.27. The first-order valence-corrected chi connectivity index (χ1v) is 8.94. The number of nitrogens with zero attached hydrogens (tertiary/aromatic N) is 4. The number of nitrogens with two attached hydrogens (primary N) is 1. The Kier molecular flexibility index (Phi) is 4.75. The molecule has 0 fully saturated rings. The highest BCUT2D eigenvalue weighted by Crippen LogP contribution is 2.38. The molecule has 0 spiro atoms. The Labute approximate surface area is 169 Å². The van der Waals surface area contributed by atoms with Gasteiger partial charge in [0.25, 0.3) is 0 Å². The molecule has 0 aliphatic carbocycles. The van der Waals surface area contributed by atoms with E-state index in [1.165, 1.54) is 6.20 Å². The van der Waals surface area contributed by atoms with Crippen molar-refractivity contribution in [2.24, 2.45) is 0 Å². The minimum Gasteiger partial charge on any atom is -0.383 e. The van der Waals surface area contributed by atoms with E-state index in [-0.39, 0.29) is 17.3 Å². The lowest BCUT2D eigenvalue weighted by Gasteiger charge is -2.17. The molecule has 0 unspecified atom stereocenters. The van der Waals surface area contributed by atoms with Crippen molar-refractivity contribution in [3.05, 3.63) is 72.7 Å². The van der Waals surface area contributed by atoms with Crippen molar-refractivity contribution in [1.82, 2.24) is 19.7 Å². The van der Waals surface area contributed by atoms with Gasteiger partial charge in [-0.05, 0) is 5.56 Å². The van der Waals surface area contributed by atoms with Crippen molar-refractivity contribution < 1.29 is 13.2 Å². The molecule has 0 bridgehead atoms. The van der Waals surface area contributed by atoms with Crippen LogP contribution in [0.4, 0.5) is 19.0 Å². The molecule has 29 heavy (non-hydrogen) atoms. The molecule has 0 saturated heterocycles. The fourth-order valence-electron chi connectivity index (χ4n) is 2.92. The van der Waals surface area contributed by atoms with Crippen LogP contribution in [0.3, 0.4) is 0 Å². The van der Waals surface area contributed by atoms with Crippen molar-refractivity contribution in [3.8, 4) is 28.2 Å². The molecule has 0 aliphatic rings. The zero-order chi connectivity index (χ0) is 20.6. The summed E-state index contributed by atoms with van der Waals surface area (Å²) in [6.45, 7) is 0. The van der Waals surface area contributed by atoms with E-state index in [4.69, 9.17) is 5.73 Å². The van der Waals surface area contributed by atoms with E-state index >= 15 is 0 Å². The van der Waals surface area contributed by atoms with Gasteiger partial charge in [-0.25, -0.2) is 9.97 Å². The highest BCUT2D eigenvalue weighted by Gasteiger charge is 2.37. The van der Waals surface area contributed by atoms with Gasteiger partial charge in [-0.2, -0.15) is 23.0 Å². The number of thiol groups is 1. The fourth-order valence-corrected chi connectivity index (χ4v) is 3.07. The summed E-state index contributed by atoms with van der Waals surface area (Å²) in [6.07, 6.45) is -3.40. The Morgan fingerprint density at radius 2 is 1.45 bits per heavy atom. The quantitative estimate of drug-likeness (QED) is 0.470. The second-order valence-corrected chi connectivity index (χ2v) is 6.63. The van der Waals surface area contributed by atoms with Gasteiger partial charge < -0.3 is 5.73 Å². The molecule has 0 atom stereocenters. The van der Waals surface area contributed by atoms with Crippen molar-refractivity contribution in [3.63, 3.8) is 0 Å². The molecule has 5 nitrogen and oxygen atoms in total. The van der Waals surface area contributed by atoms with Gasteiger partial charge in [0.15, 0.2) is 5.82 Å². The van der Waals surface area contributed by atoms with Gasteiger partial charge in [-0.15, -0.1) is 12.6 Å². The minimum absolute atomic E-state index is 0.0739. The fraction of sp³-hybridized carbons (Fsp3) is 0.0500. The number of aromatic nitrogens is 4. The van der Waals surface area contributed by atoms with Crippen LogP contribution >= 0.6 is 12.6 Å². The first-order chi connectivity index (χ1) is 13.9. The molecule has 2 aromatic heterocycles. The Hall–Kier alpha value is -3.33. The maximum atomic E-state index is 13.6. The van der Waals surface area contributed by atoms with Crippen molar-refractivity contribution in [1.29, 1.82) is 0 Å². The van der Waals surface area contributed by atoms with Gasteiger partial charge in [0.2, 0.25) is 5.82 Å². The molecule has 0 saturated carbocycles. The van der Waals surface area contributed by atoms with Gasteiger partial charge >= 0.3 is 6.18 Å². The van der Waals surface area contributed by atoms with Crippen LogP contribution in [0.15, 0.2) is 71.8 Å². The highest BCUT2D eigenvalue weighted by atomic mass is 32.1. The summed E-state index contributed by atoms with van der Waals surface area (Å²) >= 11 is 4.20. The maximum Gasteiger partial charge on any atom is 0.451 e. The number of rotatable bonds is 3. The number of alkyl halides is 3. The zero-order valence-corrected chi connectivity index (χ0v) is 15.7. The number of halogens is 3. The van der Waals surface area contributed by atoms with Crippen LogP contribution in [0.25, 0.3) is 28.2 Å². The Balaban J connectivity index is 2.14.